The molecule has 0 saturated heterocycles. The highest BCUT2D eigenvalue weighted by atomic mass is 79.9. The Kier molecular flexibility index (Phi) is 1.82. The lowest BCUT2D eigenvalue weighted by Gasteiger charge is -2.16. The monoisotopic (exact) mass is 265 g/mol. The van der Waals surface area contributed by atoms with E-state index in [-0.39, 0.29) is 5.91 Å². The molecule has 3 heterocycles. The van der Waals surface area contributed by atoms with Crippen molar-refractivity contribution in [3.05, 3.63) is 28.6 Å². The van der Waals surface area contributed by atoms with Crippen LogP contribution in [0.4, 0.5) is 0 Å². The summed E-state index contributed by atoms with van der Waals surface area (Å²) in [5.74, 6) is -0.00595. The molecule has 3 rings (SSSR count). The lowest BCUT2D eigenvalue weighted by molar-refractivity contribution is 0.0929. The molecule has 4 nitrogen and oxygen atoms in total. The number of hydrogen-bond acceptors (Lipinski definition) is 2. The molecule has 1 amide bonds. The first-order chi connectivity index (χ1) is 7.25. The summed E-state index contributed by atoms with van der Waals surface area (Å²) in [5.41, 5.74) is 1.74. The standard InChI is InChI=1S/C10H8BrN3O/c11-9-4-6-3-7-10(15)12-1-2-14(7)8(6)5-13-9/h3-5H,1-2H2,(H,12,15). The van der Waals surface area contributed by atoms with Gasteiger partial charge in [-0.15, -0.1) is 0 Å². The molecule has 0 aromatic carbocycles. The first-order valence-corrected chi connectivity index (χ1v) is 5.48. The van der Waals surface area contributed by atoms with Crippen LogP contribution in [0.15, 0.2) is 22.9 Å². The first kappa shape index (κ1) is 8.91. The molecule has 5 heteroatoms. The van der Waals surface area contributed by atoms with E-state index in [0.717, 1.165) is 27.7 Å². The first-order valence-electron chi connectivity index (χ1n) is 4.69. The number of rotatable bonds is 0. The maximum Gasteiger partial charge on any atom is 0.268 e. The maximum absolute atomic E-state index is 11.6. The van der Waals surface area contributed by atoms with E-state index in [1.54, 1.807) is 6.20 Å². The quantitative estimate of drug-likeness (QED) is 0.735. The molecule has 0 unspecified atom stereocenters. The fourth-order valence-corrected chi connectivity index (χ4v) is 2.28. The van der Waals surface area contributed by atoms with Gasteiger partial charge in [-0.1, -0.05) is 0 Å². The van der Waals surface area contributed by atoms with Crippen LogP contribution >= 0.6 is 15.9 Å². The molecule has 0 aliphatic carbocycles. The number of halogens is 1. The highest BCUT2D eigenvalue weighted by Crippen LogP contribution is 2.23. The molecule has 0 atom stereocenters. The number of aromatic nitrogens is 2. The molecule has 0 bridgehead atoms. The number of nitrogens with one attached hydrogen (secondary N) is 1. The summed E-state index contributed by atoms with van der Waals surface area (Å²) >= 11 is 3.32. The normalized spacial score (nSPS) is 15.1. The van der Waals surface area contributed by atoms with Crippen molar-refractivity contribution in [1.82, 2.24) is 14.9 Å². The van der Waals surface area contributed by atoms with Crippen LogP contribution in [0.1, 0.15) is 10.5 Å². The third-order valence-corrected chi connectivity index (χ3v) is 3.04. The third-order valence-electron chi connectivity index (χ3n) is 2.61. The molecule has 0 saturated carbocycles. The Morgan fingerprint density at radius 1 is 1.47 bits per heavy atom. The van der Waals surface area contributed by atoms with Crippen molar-refractivity contribution in [3.8, 4) is 0 Å². The predicted molar refractivity (Wildman–Crippen MR) is 59.8 cm³/mol. The molecule has 0 spiro atoms. The second kappa shape index (κ2) is 3.06. The Labute approximate surface area is 94.4 Å². The number of hydrogen-bond donors (Lipinski definition) is 1. The summed E-state index contributed by atoms with van der Waals surface area (Å²) in [6, 6.07) is 3.82. The summed E-state index contributed by atoms with van der Waals surface area (Å²) in [4.78, 5) is 15.8. The van der Waals surface area contributed by atoms with Gasteiger partial charge in [-0.05, 0) is 28.1 Å². The fourth-order valence-electron chi connectivity index (χ4n) is 1.93. The minimum absolute atomic E-state index is 0.00595. The summed E-state index contributed by atoms with van der Waals surface area (Å²) in [6.45, 7) is 1.50. The minimum Gasteiger partial charge on any atom is -0.349 e. The zero-order valence-electron chi connectivity index (χ0n) is 7.83. The lowest BCUT2D eigenvalue weighted by Crippen LogP contribution is -2.34. The zero-order chi connectivity index (χ0) is 10.4. The minimum atomic E-state index is -0.00595. The molecule has 0 fully saturated rings. The van der Waals surface area contributed by atoms with Crippen LogP contribution in [-0.2, 0) is 6.54 Å². The summed E-state index contributed by atoms with van der Waals surface area (Å²) < 4.78 is 2.80. The molecule has 2 aromatic rings. The van der Waals surface area contributed by atoms with Gasteiger partial charge in [-0.25, -0.2) is 4.98 Å². The number of amides is 1. The number of fused-ring (bicyclic) bond motifs is 3. The highest BCUT2D eigenvalue weighted by Gasteiger charge is 2.19. The molecule has 76 valence electrons. The second-order valence-corrected chi connectivity index (χ2v) is 4.32. The van der Waals surface area contributed by atoms with Crippen LogP contribution in [0, 0.1) is 0 Å². The van der Waals surface area contributed by atoms with Gasteiger partial charge in [0, 0.05) is 18.5 Å². The Morgan fingerprint density at radius 2 is 2.33 bits per heavy atom. The summed E-state index contributed by atoms with van der Waals surface area (Å²) in [5, 5.41) is 3.87. The Morgan fingerprint density at radius 3 is 3.20 bits per heavy atom. The van der Waals surface area contributed by atoms with Crippen LogP contribution in [0.3, 0.4) is 0 Å². The van der Waals surface area contributed by atoms with Gasteiger partial charge in [0.25, 0.3) is 5.91 Å². The van der Waals surface area contributed by atoms with Gasteiger partial charge in [0.15, 0.2) is 0 Å². The zero-order valence-corrected chi connectivity index (χ0v) is 9.41. The predicted octanol–water partition coefficient (Wildman–Crippen LogP) is 1.54. The van der Waals surface area contributed by atoms with Crippen molar-refractivity contribution in [3.63, 3.8) is 0 Å². The SMILES string of the molecule is O=C1NCCn2c1cc1cc(Br)ncc12. The lowest BCUT2D eigenvalue weighted by atomic mass is 10.3. The van der Waals surface area contributed by atoms with Gasteiger partial charge in [0.2, 0.25) is 0 Å². The van der Waals surface area contributed by atoms with Crippen LogP contribution in [0.2, 0.25) is 0 Å². The molecular weight excluding hydrogens is 258 g/mol. The molecular formula is C10H8BrN3O. The van der Waals surface area contributed by atoms with E-state index in [1.165, 1.54) is 0 Å². The van der Waals surface area contributed by atoms with Crippen LogP contribution in [0.5, 0.6) is 0 Å². The number of pyridine rings is 1. The summed E-state index contributed by atoms with van der Waals surface area (Å²) in [7, 11) is 0. The van der Waals surface area contributed by atoms with Crippen molar-refractivity contribution >= 4 is 32.7 Å². The van der Waals surface area contributed by atoms with E-state index < -0.39 is 0 Å². The number of carbonyl (C=O) groups excluding carboxylic acids is 1. The number of carbonyl (C=O) groups is 1. The average molecular weight is 266 g/mol. The highest BCUT2D eigenvalue weighted by molar-refractivity contribution is 9.10. The van der Waals surface area contributed by atoms with Gasteiger partial charge in [-0.2, -0.15) is 0 Å². The Balaban J connectivity index is 2.35. The third kappa shape index (κ3) is 1.26. The molecule has 2 aromatic heterocycles. The van der Waals surface area contributed by atoms with E-state index in [0.29, 0.717) is 6.54 Å². The molecule has 0 radical (unpaired) electrons. The van der Waals surface area contributed by atoms with Gasteiger partial charge in [-0.3, -0.25) is 4.79 Å². The second-order valence-electron chi connectivity index (χ2n) is 3.50. The van der Waals surface area contributed by atoms with E-state index in [2.05, 4.69) is 26.2 Å². The van der Waals surface area contributed by atoms with Gasteiger partial charge >= 0.3 is 0 Å². The van der Waals surface area contributed by atoms with E-state index in [4.69, 9.17) is 0 Å². The van der Waals surface area contributed by atoms with Crippen molar-refractivity contribution in [2.45, 2.75) is 6.54 Å². The topological polar surface area (TPSA) is 46.9 Å². The van der Waals surface area contributed by atoms with Gasteiger partial charge in [0.05, 0.1) is 11.7 Å². The largest absolute Gasteiger partial charge is 0.349 e. The number of nitrogens with zero attached hydrogens (tertiary/aromatic N) is 2. The molecule has 1 N–H and O–H groups in total. The fraction of sp³-hybridized carbons (Fsp3) is 0.200. The van der Waals surface area contributed by atoms with Crippen molar-refractivity contribution in [1.29, 1.82) is 0 Å². The van der Waals surface area contributed by atoms with Crippen molar-refractivity contribution in [2.75, 3.05) is 6.54 Å². The van der Waals surface area contributed by atoms with Crippen LogP contribution < -0.4 is 5.32 Å². The molecule has 1 aliphatic heterocycles. The summed E-state index contributed by atoms with van der Waals surface area (Å²) in [6.07, 6.45) is 1.79. The van der Waals surface area contributed by atoms with Crippen molar-refractivity contribution < 1.29 is 4.79 Å². The molecule has 15 heavy (non-hydrogen) atoms. The van der Waals surface area contributed by atoms with E-state index in [9.17, 15) is 4.79 Å². The van der Waals surface area contributed by atoms with E-state index in [1.807, 2.05) is 16.7 Å². The van der Waals surface area contributed by atoms with Crippen molar-refractivity contribution in [2.24, 2.45) is 0 Å². The Bertz CT molecular complexity index is 561. The van der Waals surface area contributed by atoms with Crippen LogP contribution in [-0.4, -0.2) is 22.0 Å². The molecule has 1 aliphatic rings. The van der Waals surface area contributed by atoms with Crippen LogP contribution in [0.25, 0.3) is 10.9 Å². The smallest absolute Gasteiger partial charge is 0.268 e. The van der Waals surface area contributed by atoms with E-state index >= 15 is 0 Å². The Hall–Kier alpha value is -1.36. The maximum atomic E-state index is 11.6. The van der Waals surface area contributed by atoms with Gasteiger partial charge in [0.1, 0.15) is 10.3 Å². The average Bonchev–Trinajstić information content (AvgIpc) is 2.57. The van der Waals surface area contributed by atoms with Gasteiger partial charge < -0.3 is 9.88 Å².